The van der Waals surface area contributed by atoms with E-state index in [0.29, 0.717) is 18.8 Å². The van der Waals surface area contributed by atoms with Gasteiger partial charge in [-0.3, -0.25) is 0 Å². The number of halogens is 2. The predicted octanol–water partition coefficient (Wildman–Crippen LogP) is 4.60. The van der Waals surface area contributed by atoms with Crippen LogP contribution in [-0.4, -0.2) is 6.61 Å². The summed E-state index contributed by atoms with van der Waals surface area (Å²) in [5.74, 6) is 0.563. The van der Waals surface area contributed by atoms with Gasteiger partial charge in [-0.1, -0.05) is 28.1 Å². The van der Waals surface area contributed by atoms with Gasteiger partial charge in [-0.2, -0.15) is 0 Å². The summed E-state index contributed by atoms with van der Waals surface area (Å²) in [7, 11) is 0. The van der Waals surface area contributed by atoms with Crippen LogP contribution in [-0.2, 0) is 6.54 Å². The van der Waals surface area contributed by atoms with E-state index in [-0.39, 0.29) is 5.82 Å². The van der Waals surface area contributed by atoms with Gasteiger partial charge in [0.2, 0.25) is 0 Å². The Bertz CT molecular complexity index is 560. The first-order valence-electron chi connectivity index (χ1n) is 6.09. The third kappa shape index (κ3) is 3.96. The fourth-order valence-electron chi connectivity index (χ4n) is 1.74. The third-order valence-corrected chi connectivity index (χ3v) is 3.12. The Hall–Kier alpha value is -1.55. The summed E-state index contributed by atoms with van der Waals surface area (Å²) in [5, 5.41) is 3.07. The average molecular weight is 324 g/mol. The zero-order chi connectivity index (χ0) is 13.7. The summed E-state index contributed by atoms with van der Waals surface area (Å²) in [6.07, 6.45) is 0. The van der Waals surface area contributed by atoms with Gasteiger partial charge in [-0.25, -0.2) is 4.39 Å². The van der Waals surface area contributed by atoms with Gasteiger partial charge in [-0.05, 0) is 42.8 Å². The Labute approximate surface area is 120 Å². The predicted molar refractivity (Wildman–Crippen MR) is 79.0 cm³/mol. The van der Waals surface area contributed by atoms with Gasteiger partial charge in [0, 0.05) is 11.0 Å². The molecular formula is C15H15BrFNO. The van der Waals surface area contributed by atoms with Crippen LogP contribution in [0.5, 0.6) is 5.75 Å². The third-order valence-electron chi connectivity index (χ3n) is 2.62. The molecule has 0 spiro atoms. The standard InChI is InChI=1S/C15H15BrFNO/c1-2-19-13-5-3-4-11(8-13)10-18-15-7-6-12(16)9-14(15)17/h3-9,18H,2,10H2,1H3. The number of hydrogen-bond acceptors (Lipinski definition) is 2. The second-order valence-electron chi connectivity index (χ2n) is 4.06. The molecule has 0 aliphatic carbocycles. The molecule has 100 valence electrons. The van der Waals surface area contributed by atoms with Crippen LogP contribution in [0, 0.1) is 5.82 Å². The number of nitrogens with one attached hydrogen (secondary N) is 1. The molecule has 0 aliphatic heterocycles. The van der Waals surface area contributed by atoms with E-state index < -0.39 is 0 Å². The molecule has 0 aromatic heterocycles. The summed E-state index contributed by atoms with van der Waals surface area (Å²) >= 11 is 3.23. The lowest BCUT2D eigenvalue weighted by molar-refractivity contribution is 0.340. The minimum atomic E-state index is -0.268. The molecule has 0 aliphatic rings. The van der Waals surface area contributed by atoms with E-state index >= 15 is 0 Å². The molecule has 0 bridgehead atoms. The fourth-order valence-corrected chi connectivity index (χ4v) is 2.08. The van der Waals surface area contributed by atoms with Crippen LogP contribution in [0.15, 0.2) is 46.9 Å². The second-order valence-corrected chi connectivity index (χ2v) is 4.97. The van der Waals surface area contributed by atoms with Crippen LogP contribution in [0.25, 0.3) is 0 Å². The second kappa shape index (κ2) is 6.57. The van der Waals surface area contributed by atoms with E-state index in [4.69, 9.17) is 4.74 Å². The lowest BCUT2D eigenvalue weighted by atomic mass is 10.2. The van der Waals surface area contributed by atoms with Crippen molar-refractivity contribution in [3.8, 4) is 5.75 Å². The van der Waals surface area contributed by atoms with E-state index in [0.717, 1.165) is 15.8 Å². The monoisotopic (exact) mass is 323 g/mol. The Balaban J connectivity index is 2.03. The molecule has 2 aromatic rings. The number of rotatable bonds is 5. The lowest BCUT2D eigenvalue weighted by Crippen LogP contribution is -2.02. The zero-order valence-corrected chi connectivity index (χ0v) is 12.2. The molecule has 0 atom stereocenters. The number of benzene rings is 2. The molecule has 0 fully saturated rings. The maximum absolute atomic E-state index is 13.6. The van der Waals surface area contributed by atoms with Crippen LogP contribution >= 0.6 is 15.9 Å². The fraction of sp³-hybridized carbons (Fsp3) is 0.200. The molecule has 0 radical (unpaired) electrons. The normalized spacial score (nSPS) is 10.3. The van der Waals surface area contributed by atoms with E-state index in [1.165, 1.54) is 6.07 Å². The summed E-state index contributed by atoms with van der Waals surface area (Å²) in [6.45, 7) is 3.14. The molecule has 2 aromatic carbocycles. The Morgan fingerprint density at radius 3 is 2.79 bits per heavy atom. The molecule has 0 amide bonds. The van der Waals surface area contributed by atoms with Crippen molar-refractivity contribution in [3.63, 3.8) is 0 Å². The highest BCUT2D eigenvalue weighted by atomic mass is 79.9. The number of hydrogen-bond donors (Lipinski definition) is 1. The van der Waals surface area contributed by atoms with Gasteiger partial charge in [0.05, 0.1) is 12.3 Å². The molecule has 4 heteroatoms. The first-order chi connectivity index (χ1) is 9.19. The Kier molecular flexibility index (Phi) is 4.80. The smallest absolute Gasteiger partial charge is 0.147 e. The topological polar surface area (TPSA) is 21.3 Å². The zero-order valence-electron chi connectivity index (χ0n) is 10.6. The highest BCUT2D eigenvalue weighted by Crippen LogP contribution is 2.20. The number of ether oxygens (including phenoxy) is 1. The largest absolute Gasteiger partial charge is 0.494 e. The van der Waals surface area contributed by atoms with E-state index in [2.05, 4.69) is 21.2 Å². The van der Waals surface area contributed by atoms with E-state index in [1.807, 2.05) is 37.3 Å². The molecule has 0 saturated heterocycles. The van der Waals surface area contributed by atoms with Gasteiger partial charge in [0.1, 0.15) is 11.6 Å². The van der Waals surface area contributed by atoms with Gasteiger partial charge in [0.15, 0.2) is 0 Å². The van der Waals surface area contributed by atoms with Crippen LogP contribution < -0.4 is 10.1 Å². The molecule has 1 N–H and O–H groups in total. The molecule has 0 unspecified atom stereocenters. The molecule has 0 saturated carbocycles. The van der Waals surface area contributed by atoms with Crippen molar-refractivity contribution in [2.24, 2.45) is 0 Å². The summed E-state index contributed by atoms with van der Waals surface area (Å²) in [4.78, 5) is 0. The summed E-state index contributed by atoms with van der Waals surface area (Å²) in [6, 6.07) is 12.7. The summed E-state index contributed by atoms with van der Waals surface area (Å²) in [5.41, 5.74) is 1.54. The van der Waals surface area contributed by atoms with Gasteiger partial charge < -0.3 is 10.1 Å². The average Bonchev–Trinajstić information content (AvgIpc) is 2.38. The van der Waals surface area contributed by atoms with Gasteiger partial charge in [0.25, 0.3) is 0 Å². The van der Waals surface area contributed by atoms with Crippen molar-refractivity contribution in [3.05, 3.63) is 58.3 Å². The Morgan fingerprint density at radius 2 is 2.05 bits per heavy atom. The minimum Gasteiger partial charge on any atom is -0.494 e. The quantitative estimate of drug-likeness (QED) is 0.868. The van der Waals surface area contributed by atoms with Gasteiger partial charge >= 0.3 is 0 Å². The maximum Gasteiger partial charge on any atom is 0.147 e. The van der Waals surface area contributed by atoms with Crippen LogP contribution in [0.4, 0.5) is 10.1 Å². The molecule has 2 rings (SSSR count). The van der Waals surface area contributed by atoms with E-state index in [1.54, 1.807) is 6.07 Å². The molecule has 19 heavy (non-hydrogen) atoms. The Morgan fingerprint density at radius 1 is 1.21 bits per heavy atom. The SMILES string of the molecule is CCOc1cccc(CNc2ccc(Br)cc2F)c1. The van der Waals surface area contributed by atoms with Gasteiger partial charge in [-0.15, -0.1) is 0 Å². The molecular weight excluding hydrogens is 309 g/mol. The summed E-state index contributed by atoms with van der Waals surface area (Å²) < 4.78 is 19.8. The number of anilines is 1. The highest BCUT2D eigenvalue weighted by Gasteiger charge is 2.03. The lowest BCUT2D eigenvalue weighted by Gasteiger charge is -2.09. The highest BCUT2D eigenvalue weighted by molar-refractivity contribution is 9.10. The van der Waals surface area contributed by atoms with Crippen molar-refractivity contribution < 1.29 is 9.13 Å². The van der Waals surface area contributed by atoms with Crippen molar-refractivity contribution in [1.29, 1.82) is 0 Å². The first-order valence-corrected chi connectivity index (χ1v) is 6.89. The van der Waals surface area contributed by atoms with Crippen LogP contribution in [0.1, 0.15) is 12.5 Å². The molecule has 0 heterocycles. The minimum absolute atomic E-state index is 0.268. The molecule has 2 nitrogen and oxygen atoms in total. The van der Waals surface area contributed by atoms with E-state index in [9.17, 15) is 4.39 Å². The van der Waals surface area contributed by atoms with Crippen molar-refractivity contribution in [1.82, 2.24) is 0 Å². The van der Waals surface area contributed by atoms with Crippen molar-refractivity contribution >= 4 is 21.6 Å². The van der Waals surface area contributed by atoms with Crippen molar-refractivity contribution in [2.75, 3.05) is 11.9 Å². The maximum atomic E-state index is 13.6. The van der Waals surface area contributed by atoms with Crippen LogP contribution in [0.2, 0.25) is 0 Å². The van der Waals surface area contributed by atoms with Crippen LogP contribution in [0.3, 0.4) is 0 Å². The first kappa shape index (κ1) is 13.9. The van der Waals surface area contributed by atoms with Crippen molar-refractivity contribution in [2.45, 2.75) is 13.5 Å².